The monoisotopic (exact) mass is 267 g/mol. The highest BCUT2D eigenvalue weighted by Crippen LogP contribution is 2.30. The van der Waals surface area contributed by atoms with E-state index in [0.29, 0.717) is 11.3 Å². The number of primary amides is 1. The largest absolute Gasteiger partial charge is 0.396 e. The summed E-state index contributed by atoms with van der Waals surface area (Å²) in [6, 6.07) is 13.8. The van der Waals surface area contributed by atoms with Gasteiger partial charge in [-0.3, -0.25) is 4.79 Å². The van der Waals surface area contributed by atoms with Gasteiger partial charge in [-0.15, -0.1) is 0 Å². The number of rotatable bonds is 2. The number of carbonyl (C=O) groups is 1. The number of benzene rings is 2. The van der Waals surface area contributed by atoms with E-state index < -0.39 is 5.91 Å². The lowest BCUT2D eigenvalue weighted by atomic mass is 9.99. The van der Waals surface area contributed by atoms with Crippen LogP contribution in [-0.4, -0.2) is 12.5 Å². The predicted octanol–water partition coefficient (Wildman–Crippen LogP) is 1.93. The molecule has 2 aromatic carbocycles. The molecule has 1 aliphatic rings. The van der Waals surface area contributed by atoms with Crippen molar-refractivity contribution in [2.45, 2.75) is 13.0 Å². The first-order valence-electron chi connectivity index (χ1n) is 6.67. The van der Waals surface area contributed by atoms with E-state index >= 15 is 0 Å². The second-order valence-corrected chi connectivity index (χ2v) is 5.04. The first-order valence-corrected chi connectivity index (χ1v) is 6.67. The Morgan fingerprint density at radius 1 is 1.05 bits per heavy atom. The van der Waals surface area contributed by atoms with Gasteiger partial charge in [-0.05, 0) is 29.7 Å². The van der Waals surface area contributed by atoms with Crippen LogP contribution in [0.1, 0.15) is 21.5 Å². The van der Waals surface area contributed by atoms with Crippen molar-refractivity contribution < 1.29 is 4.79 Å². The highest BCUT2D eigenvalue weighted by atomic mass is 16.1. The van der Waals surface area contributed by atoms with Crippen LogP contribution in [0.5, 0.6) is 0 Å². The maximum Gasteiger partial charge on any atom is 0.250 e. The number of amides is 1. The zero-order chi connectivity index (χ0) is 14.1. The minimum atomic E-state index is -0.484. The first-order chi connectivity index (χ1) is 9.66. The summed E-state index contributed by atoms with van der Waals surface area (Å²) in [5, 5.41) is 0. The van der Waals surface area contributed by atoms with Crippen molar-refractivity contribution in [3.05, 3.63) is 59.2 Å². The summed E-state index contributed by atoms with van der Waals surface area (Å²) in [6.07, 6.45) is 0.983. The number of hydrogen-bond acceptors (Lipinski definition) is 3. The van der Waals surface area contributed by atoms with E-state index in [0.717, 1.165) is 25.2 Å². The van der Waals surface area contributed by atoms with E-state index in [2.05, 4.69) is 23.1 Å². The van der Waals surface area contributed by atoms with Gasteiger partial charge in [-0.2, -0.15) is 0 Å². The van der Waals surface area contributed by atoms with E-state index in [4.69, 9.17) is 11.5 Å². The maximum absolute atomic E-state index is 11.4. The zero-order valence-electron chi connectivity index (χ0n) is 11.2. The minimum absolute atomic E-state index is 0.390. The molecule has 0 unspecified atom stereocenters. The normalized spacial score (nSPS) is 13.9. The fourth-order valence-electron chi connectivity index (χ4n) is 2.74. The molecule has 1 amide bonds. The summed E-state index contributed by atoms with van der Waals surface area (Å²) in [5.41, 5.74) is 15.9. The highest BCUT2D eigenvalue weighted by Gasteiger charge is 2.19. The van der Waals surface area contributed by atoms with Crippen molar-refractivity contribution in [3.63, 3.8) is 0 Å². The van der Waals surface area contributed by atoms with E-state index in [1.807, 2.05) is 18.2 Å². The molecule has 3 rings (SSSR count). The molecular weight excluding hydrogens is 250 g/mol. The summed E-state index contributed by atoms with van der Waals surface area (Å²) < 4.78 is 0. The smallest absolute Gasteiger partial charge is 0.250 e. The number of carbonyl (C=O) groups excluding carboxylic acids is 1. The number of nitrogens with zero attached hydrogens (tertiary/aromatic N) is 1. The zero-order valence-corrected chi connectivity index (χ0v) is 11.2. The van der Waals surface area contributed by atoms with Crippen molar-refractivity contribution in [2.75, 3.05) is 17.2 Å². The van der Waals surface area contributed by atoms with Crippen LogP contribution in [0.4, 0.5) is 11.4 Å². The van der Waals surface area contributed by atoms with Gasteiger partial charge in [-0.25, -0.2) is 0 Å². The summed E-state index contributed by atoms with van der Waals surface area (Å²) >= 11 is 0. The molecule has 102 valence electrons. The molecule has 0 saturated carbocycles. The Kier molecular flexibility index (Phi) is 3.06. The third-order valence-electron chi connectivity index (χ3n) is 3.82. The summed E-state index contributed by atoms with van der Waals surface area (Å²) in [6.45, 7) is 1.70. The lowest BCUT2D eigenvalue weighted by molar-refractivity contribution is 0.100. The highest BCUT2D eigenvalue weighted by molar-refractivity contribution is 6.00. The number of para-hydroxylation sites is 1. The standard InChI is InChI=1S/C16H17N3O/c17-15-13(16(18)20)6-3-7-14(15)19-9-8-11-4-1-2-5-12(11)10-19/h1-7H,8-10,17H2,(H2,18,20). The van der Waals surface area contributed by atoms with Gasteiger partial charge in [-0.1, -0.05) is 30.3 Å². The topological polar surface area (TPSA) is 72.4 Å². The Morgan fingerprint density at radius 2 is 1.80 bits per heavy atom. The Balaban J connectivity index is 1.96. The Labute approximate surface area is 118 Å². The molecule has 0 radical (unpaired) electrons. The molecule has 0 saturated heterocycles. The van der Waals surface area contributed by atoms with Gasteiger partial charge in [0.15, 0.2) is 0 Å². The van der Waals surface area contributed by atoms with Crippen LogP contribution in [-0.2, 0) is 13.0 Å². The molecule has 0 aromatic heterocycles. The Bertz CT molecular complexity index is 667. The van der Waals surface area contributed by atoms with Crippen LogP contribution in [0.15, 0.2) is 42.5 Å². The molecule has 1 aliphatic heterocycles. The van der Waals surface area contributed by atoms with E-state index in [1.54, 1.807) is 6.07 Å². The van der Waals surface area contributed by atoms with Gasteiger partial charge in [0.25, 0.3) is 5.91 Å². The second kappa shape index (κ2) is 4.89. The SMILES string of the molecule is NC(=O)c1cccc(N2CCc3ccccc3C2)c1N. The Hall–Kier alpha value is -2.49. The van der Waals surface area contributed by atoms with Gasteiger partial charge in [0, 0.05) is 13.1 Å². The molecule has 2 aromatic rings. The third-order valence-corrected chi connectivity index (χ3v) is 3.82. The molecule has 0 aliphatic carbocycles. The quantitative estimate of drug-likeness (QED) is 0.817. The number of nitrogen functional groups attached to an aromatic ring is 1. The lowest BCUT2D eigenvalue weighted by Gasteiger charge is -2.31. The van der Waals surface area contributed by atoms with Crippen molar-refractivity contribution in [3.8, 4) is 0 Å². The molecule has 20 heavy (non-hydrogen) atoms. The average Bonchev–Trinajstić information content (AvgIpc) is 2.46. The van der Waals surface area contributed by atoms with Crippen molar-refractivity contribution in [1.29, 1.82) is 0 Å². The third kappa shape index (κ3) is 2.09. The van der Waals surface area contributed by atoms with E-state index in [1.165, 1.54) is 11.1 Å². The second-order valence-electron chi connectivity index (χ2n) is 5.04. The molecule has 0 spiro atoms. The van der Waals surface area contributed by atoms with E-state index in [-0.39, 0.29) is 0 Å². The molecule has 4 N–H and O–H groups in total. The molecule has 0 atom stereocenters. The molecule has 4 heteroatoms. The summed E-state index contributed by atoms with van der Waals surface area (Å²) in [5.74, 6) is -0.484. The summed E-state index contributed by atoms with van der Waals surface area (Å²) in [4.78, 5) is 13.6. The van der Waals surface area contributed by atoms with Crippen LogP contribution in [0.3, 0.4) is 0 Å². The molecule has 0 bridgehead atoms. The first kappa shape index (κ1) is 12.5. The number of anilines is 2. The average molecular weight is 267 g/mol. The number of nitrogens with two attached hydrogens (primary N) is 2. The molecule has 4 nitrogen and oxygen atoms in total. The number of hydrogen-bond donors (Lipinski definition) is 2. The minimum Gasteiger partial charge on any atom is -0.396 e. The summed E-state index contributed by atoms with van der Waals surface area (Å²) in [7, 11) is 0. The van der Waals surface area contributed by atoms with Gasteiger partial charge in [0.1, 0.15) is 0 Å². The molecule has 0 fully saturated rings. The number of fused-ring (bicyclic) bond motifs is 1. The van der Waals surface area contributed by atoms with Crippen molar-refractivity contribution in [1.82, 2.24) is 0 Å². The molecular formula is C16H17N3O. The van der Waals surface area contributed by atoms with Crippen molar-refractivity contribution >= 4 is 17.3 Å². The lowest BCUT2D eigenvalue weighted by Crippen LogP contribution is -2.31. The van der Waals surface area contributed by atoms with E-state index in [9.17, 15) is 4.79 Å². The molecule has 1 heterocycles. The van der Waals surface area contributed by atoms with Gasteiger partial charge >= 0.3 is 0 Å². The van der Waals surface area contributed by atoms with Crippen LogP contribution in [0, 0.1) is 0 Å². The fraction of sp³-hybridized carbons (Fsp3) is 0.188. The maximum atomic E-state index is 11.4. The van der Waals surface area contributed by atoms with Crippen LogP contribution >= 0.6 is 0 Å². The van der Waals surface area contributed by atoms with Gasteiger partial charge in [0.05, 0.1) is 16.9 Å². The fourth-order valence-corrected chi connectivity index (χ4v) is 2.74. The van der Waals surface area contributed by atoms with Crippen LogP contribution in [0.25, 0.3) is 0 Å². The van der Waals surface area contributed by atoms with Gasteiger partial charge < -0.3 is 16.4 Å². The van der Waals surface area contributed by atoms with Crippen LogP contribution < -0.4 is 16.4 Å². The van der Waals surface area contributed by atoms with Crippen LogP contribution in [0.2, 0.25) is 0 Å². The van der Waals surface area contributed by atoms with Gasteiger partial charge in [0.2, 0.25) is 0 Å². The predicted molar refractivity (Wildman–Crippen MR) is 80.6 cm³/mol. The van der Waals surface area contributed by atoms with Crippen molar-refractivity contribution in [2.24, 2.45) is 5.73 Å². The Morgan fingerprint density at radius 3 is 2.55 bits per heavy atom.